The maximum absolute atomic E-state index is 12.4. The Bertz CT molecular complexity index is 743. The number of nitrogens with one attached hydrogen (secondary N) is 2. The van der Waals surface area contributed by atoms with Gasteiger partial charge in [-0.15, -0.1) is 0 Å². The van der Waals surface area contributed by atoms with Crippen molar-refractivity contribution in [2.75, 3.05) is 11.9 Å². The molecule has 1 saturated heterocycles. The SMILES string of the molecule is Cc1ccc(Oc2ccc(NC(=O)[C@H]3CCN[C@@H](C)C3)cn2)cc1C. The Morgan fingerprint density at radius 1 is 1.24 bits per heavy atom. The van der Waals surface area contributed by atoms with Gasteiger partial charge in [-0.05, 0) is 69.5 Å². The normalized spacial score (nSPS) is 20.1. The van der Waals surface area contributed by atoms with E-state index in [1.54, 1.807) is 12.3 Å². The van der Waals surface area contributed by atoms with Crippen molar-refractivity contribution in [2.24, 2.45) is 5.92 Å². The van der Waals surface area contributed by atoms with E-state index >= 15 is 0 Å². The first-order valence-electron chi connectivity index (χ1n) is 8.76. The number of benzene rings is 1. The number of rotatable bonds is 4. The maximum atomic E-state index is 12.4. The predicted octanol–water partition coefficient (Wildman–Crippen LogP) is 3.82. The lowest BCUT2D eigenvalue weighted by Gasteiger charge is -2.27. The Labute approximate surface area is 148 Å². The summed E-state index contributed by atoms with van der Waals surface area (Å²) in [4.78, 5) is 16.7. The van der Waals surface area contributed by atoms with Crippen LogP contribution in [0.4, 0.5) is 5.69 Å². The molecule has 2 N–H and O–H groups in total. The fourth-order valence-corrected chi connectivity index (χ4v) is 3.03. The van der Waals surface area contributed by atoms with E-state index < -0.39 is 0 Å². The monoisotopic (exact) mass is 339 g/mol. The van der Waals surface area contributed by atoms with E-state index in [1.807, 2.05) is 24.3 Å². The molecule has 5 heteroatoms. The van der Waals surface area contributed by atoms with E-state index in [4.69, 9.17) is 4.74 Å². The molecule has 5 nitrogen and oxygen atoms in total. The minimum Gasteiger partial charge on any atom is -0.439 e. The number of hydrogen-bond donors (Lipinski definition) is 2. The highest BCUT2D eigenvalue weighted by Crippen LogP contribution is 2.23. The number of nitrogens with zero attached hydrogens (tertiary/aromatic N) is 1. The van der Waals surface area contributed by atoms with Crippen molar-refractivity contribution in [2.45, 2.75) is 39.7 Å². The standard InChI is InChI=1S/C20H25N3O2/c1-13-4-6-18(10-14(13)2)25-19-7-5-17(12-22-19)23-20(24)16-8-9-21-15(3)11-16/h4-7,10,12,15-16,21H,8-9,11H2,1-3H3,(H,23,24)/t15-,16-/m0/s1. The van der Waals surface area contributed by atoms with E-state index in [-0.39, 0.29) is 11.8 Å². The summed E-state index contributed by atoms with van der Waals surface area (Å²) >= 11 is 0. The molecule has 0 radical (unpaired) electrons. The molecule has 2 atom stereocenters. The summed E-state index contributed by atoms with van der Waals surface area (Å²) in [6.07, 6.45) is 3.38. The molecule has 0 spiro atoms. The largest absolute Gasteiger partial charge is 0.439 e. The van der Waals surface area contributed by atoms with Gasteiger partial charge in [-0.1, -0.05) is 6.07 Å². The number of anilines is 1. The third kappa shape index (κ3) is 4.57. The molecule has 1 fully saturated rings. The molecule has 2 aromatic rings. The number of aromatic nitrogens is 1. The van der Waals surface area contributed by atoms with Gasteiger partial charge in [0.2, 0.25) is 11.8 Å². The molecule has 132 valence electrons. The molecule has 0 aliphatic carbocycles. The first kappa shape index (κ1) is 17.4. The van der Waals surface area contributed by atoms with Gasteiger partial charge in [0.25, 0.3) is 0 Å². The zero-order chi connectivity index (χ0) is 17.8. The van der Waals surface area contributed by atoms with Crippen molar-refractivity contribution in [1.29, 1.82) is 0 Å². The summed E-state index contributed by atoms with van der Waals surface area (Å²) in [5.41, 5.74) is 3.10. The van der Waals surface area contributed by atoms with Crippen LogP contribution in [0.2, 0.25) is 0 Å². The summed E-state index contributed by atoms with van der Waals surface area (Å²) in [5.74, 6) is 1.40. The highest BCUT2D eigenvalue weighted by molar-refractivity contribution is 5.92. The minimum atomic E-state index is 0.0581. The van der Waals surface area contributed by atoms with E-state index in [0.29, 0.717) is 17.6 Å². The van der Waals surface area contributed by atoms with Gasteiger partial charge >= 0.3 is 0 Å². The van der Waals surface area contributed by atoms with Gasteiger partial charge in [0.15, 0.2) is 0 Å². The van der Waals surface area contributed by atoms with Gasteiger partial charge in [0.1, 0.15) is 5.75 Å². The van der Waals surface area contributed by atoms with Crippen molar-refractivity contribution in [3.05, 3.63) is 47.7 Å². The molecular weight excluding hydrogens is 314 g/mol. The topological polar surface area (TPSA) is 63.2 Å². The summed E-state index contributed by atoms with van der Waals surface area (Å²) in [6, 6.07) is 9.93. The molecule has 1 aromatic heterocycles. The Kier molecular flexibility index (Phi) is 5.34. The molecule has 3 rings (SSSR count). The Balaban J connectivity index is 1.60. The van der Waals surface area contributed by atoms with Crippen LogP contribution >= 0.6 is 0 Å². The van der Waals surface area contributed by atoms with Crippen LogP contribution in [0.15, 0.2) is 36.5 Å². The Morgan fingerprint density at radius 3 is 2.76 bits per heavy atom. The van der Waals surface area contributed by atoms with Crippen LogP contribution < -0.4 is 15.4 Å². The molecule has 0 unspecified atom stereocenters. The molecule has 1 aromatic carbocycles. The predicted molar refractivity (Wildman–Crippen MR) is 99.0 cm³/mol. The molecule has 0 saturated carbocycles. The van der Waals surface area contributed by atoms with Crippen LogP contribution in [0.3, 0.4) is 0 Å². The third-order valence-corrected chi connectivity index (χ3v) is 4.70. The number of hydrogen-bond acceptors (Lipinski definition) is 4. The van der Waals surface area contributed by atoms with E-state index in [1.165, 1.54) is 11.1 Å². The lowest BCUT2D eigenvalue weighted by molar-refractivity contribution is -0.120. The van der Waals surface area contributed by atoms with Gasteiger partial charge in [-0.25, -0.2) is 4.98 Å². The first-order chi connectivity index (χ1) is 12.0. The Hall–Kier alpha value is -2.40. The fraction of sp³-hybridized carbons (Fsp3) is 0.400. The average Bonchev–Trinajstić information content (AvgIpc) is 2.60. The number of carbonyl (C=O) groups excluding carboxylic acids is 1. The summed E-state index contributed by atoms with van der Waals surface area (Å²) in [6.45, 7) is 7.12. The molecule has 1 aliphatic heterocycles. The molecule has 0 bridgehead atoms. The summed E-state index contributed by atoms with van der Waals surface area (Å²) in [7, 11) is 0. The number of pyridine rings is 1. The van der Waals surface area contributed by atoms with E-state index in [0.717, 1.165) is 25.1 Å². The van der Waals surface area contributed by atoms with Gasteiger partial charge in [-0.2, -0.15) is 0 Å². The van der Waals surface area contributed by atoms with Gasteiger partial charge in [0.05, 0.1) is 11.9 Å². The van der Waals surface area contributed by atoms with Crippen molar-refractivity contribution < 1.29 is 9.53 Å². The molecule has 2 heterocycles. The number of amides is 1. The van der Waals surface area contributed by atoms with Crippen LogP contribution in [0, 0.1) is 19.8 Å². The van der Waals surface area contributed by atoms with Crippen LogP contribution in [-0.2, 0) is 4.79 Å². The quantitative estimate of drug-likeness (QED) is 0.889. The first-order valence-corrected chi connectivity index (χ1v) is 8.76. The van der Waals surface area contributed by atoms with Gasteiger partial charge in [-0.3, -0.25) is 4.79 Å². The minimum absolute atomic E-state index is 0.0581. The molecule has 25 heavy (non-hydrogen) atoms. The van der Waals surface area contributed by atoms with Crippen LogP contribution in [0.1, 0.15) is 30.9 Å². The zero-order valence-corrected chi connectivity index (χ0v) is 15.0. The van der Waals surface area contributed by atoms with Gasteiger partial charge < -0.3 is 15.4 Å². The molecule has 1 aliphatic rings. The second-order valence-electron chi connectivity index (χ2n) is 6.80. The van der Waals surface area contributed by atoms with Gasteiger partial charge in [0, 0.05) is 18.0 Å². The second kappa shape index (κ2) is 7.66. The van der Waals surface area contributed by atoms with Crippen molar-refractivity contribution in [1.82, 2.24) is 10.3 Å². The third-order valence-electron chi connectivity index (χ3n) is 4.70. The zero-order valence-electron chi connectivity index (χ0n) is 15.0. The van der Waals surface area contributed by atoms with Crippen LogP contribution in [-0.4, -0.2) is 23.5 Å². The second-order valence-corrected chi connectivity index (χ2v) is 6.80. The smallest absolute Gasteiger partial charge is 0.227 e. The lowest BCUT2D eigenvalue weighted by atomic mass is 9.92. The van der Waals surface area contributed by atoms with E-state index in [9.17, 15) is 4.79 Å². The number of piperidine rings is 1. The van der Waals surface area contributed by atoms with E-state index in [2.05, 4.69) is 36.4 Å². The average molecular weight is 339 g/mol. The lowest BCUT2D eigenvalue weighted by Crippen LogP contribution is -2.40. The summed E-state index contributed by atoms with van der Waals surface area (Å²) in [5, 5.41) is 6.31. The highest BCUT2D eigenvalue weighted by Gasteiger charge is 2.24. The highest BCUT2D eigenvalue weighted by atomic mass is 16.5. The van der Waals surface area contributed by atoms with Crippen molar-refractivity contribution in [3.63, 3.8) is 0 Å². The number of aryl methyl sites for hydroxylation is 2. The molecule has 1 amide bonds. The Morgan fingerprint density at radius 2 is 2.08 bits per heavy atom. The van der Waals surface area contributed by atoms with Crippen molar-refractivity contribution in [3.8, 4) is 11.6 Å². The van der Waals surface area contributed by atoms with Crippen LogP contribution in [0.25, 0.3) is 0 Å². The summed E-state index contributed by atoms with van der Waals surface area (Å²) < 4.78 is 5.77. The number of ether oxygens (including phenoxy) is 1. The number of carbonyl (C=O) groups is 1. The van der Waals surface area contributed by atoms with Crippen LogP contribution in [0.5, 0.6) is 11.6 Å². The van der Waals surface area contributed by atoms with Crippen molar-refractivity contribution >= 4 is 11.6 Å². The molecular formula is C20H25N3O2. The fourth-order valence-electron chi connectivity index (χ4n) is 3.03. The maximum Gasteiger partial charge on any atom is 0.227 e.